The number of nitrogens with two attached hydrogens (primary N) is 2. The van der Waals surface area contributed by atoms with Crippen molar-refractivity contribution >= 4 is 35.3 Å². The molecule has 0 saturated carbocycles. The van der Waals surface area contributed by atoms with Gasteiger partial charge in [-0.05, 0) is 32.0 Å². The fourth-order valence-electron chi connectivity index (χ4n) is 4.61. The molecule has 0 radical (unpaired) electrons. The molecule has 0 bridgehead atoms. The molecule has 13 nitrogen and oxygen atoms in total. The lowest BCUT2D eigenvalue weighted by Crippen LogP contribution is -2.48. The van der Waals surface area contributed by atoms with Gasteiger partial charge in [0.25, 0.3) is 0 Å². The number of amidine groups is 1. The van der Waals surface area contributed by atoms with E-state index in [1.165, 1.54) is 12.3 Å². The second kappa shape index (κ2) is 12.0. The lowest BCUT2D eigenvalue weighted by atomic mass is 10.1. The first-order valence-electron chi connectivity index (χ1n) is 13.1. The van der Waals surface area contributed by atoms with E-state index in [1.807, 2.05) is 24.0 Å². The molecule has 0 amide bonds. The molecule has 4 heterocycles. The van der Waals surface area contributed by atoms with Gasteiger partial charge >= 0.3 is 0 Å². The maximum Gasteiger partial charge on any atom is 0.224 e. The van der Waals surface area contributed by atoms with Gasteiger partial charge in [-0.3, -0.25) is 9.88 Å². The normalized spacial score (nSPS) is 14.3. The Morgan fingerprint density at radius 1 is 1.15 bits per heavy atom. The fourth-order valence-corrected chi connectivity index (χ4v) is 4.61. The second-order valence-electron chi connectivity index (χ2n) is 9.55. The summed E-state index contributed by atoms with van der Waals surface area (Å²) in [6.07, 6.45) is 4.20. The van der Waals surface area contributed by atoms with Crippen LogP contribution in [0.3, 0.4) is 0 Å². The lowest BCUT2D eigenvalue weighted by molar-refractivity contribution is 0.266. The average molecular weight is 559 g/mol. The molecule has 1 aliphatic heterocycles. The van der Waals surface area contributed by atoms with Crippen LogP contribution in [0.4, 0.5) is 27.7 Å². The van der Waals surface area contributed by atoms with Crippen molar-refractivity contribution in [2.75, 3.05) is 55.2 Å². The SMILES string of the molecule is Cc1cc(-c2ccc(F)c(N3CCN(CCNc4nc(N)nc(N=C(N)c5nccnc5C)c4C=N)CC3)c2)on1. The van der Waals surface area contributed by atoms with Crippen LogP contribution in [0, 0.1) is 25.1 Å². The van der Waals surface area contributed by atoms with Gasteiger partial charge in [0.05, 0.1) is 22.6 Å². The number of nitrogen functional groups attached to an aromatic ring is 1. The largest absolute Gasteiger partial charge is 0.382 e. The highest BCUT2D eigenvalue weighted by Crippen LogP contribution is 2.29. The molecule has 6 N–H and O–H groups in total. The van der Waals surface area contributed by atoms with Crippen LogP contribution >= 0.6 is 0 Å². The Morgan fingerprint density at radius 2 is 1.93 bits per heavy atom. The first-order chi connectivity index (χ1) is 19.8. The van der Waals surface area contributed by atoms with Gasteiger partial charge in [-0.1, -0.05) is 5.16 Å². The molecule has 14 heteroatoms. The second-order valence-corrected chi connectivity index (χ2v) is 9.55. The van der Waals surface area contributed by atoms with Crippen molar-refractivity contribution in [3.63, 3.8) is 0 Å². The van der Waals surface area contributed by atoms with E-state index in [0.717, 1.165) is 30.6 Å². The van der Waals surface area contributed by atoms with Crippen LogP contribution in [0.2, 0.25) is 0 Å². The van der Waals surface area contributed by atoms with Gasteiger partial charge in [0.15, 0.2) is 17.4 Å². The van der Waals surface area contributed by atoms with E-state index in [2.05, 4.69) is 40.3 Å². The summed E-state index contributed by atoms with van der Waals surface area (Å²) < 4.78 is 20.1. The summed E-state index contributed by atoms with van der Waals surface area (Å²) in [4.78, 5) is 25.5. The van der Waals surface area contributed by atoms with E-state index in [9.17, 15) is 4.39 Å². The third-order valence-corrected chi connectivity index (χ3v) is 6.73. The Hall–Kier alpha value is -4.98. The summed E-state index contributed by atoms with van der Waals surface area (Å²) in [5.74, 6) is 1.00. The highest BCUT2D eigenvalue weighted by molar-refractivity contribution is 6.00. The maximum absolute atomic E-state index is 14.7. The zero-order valence-electron chi connectivity index (χ0n) is 22.8. The van der Waals surface area contributed by atoms with Crippen molar-refractivity contribution in [2.24, 2.45) is 10.7 Å². The van der Waals surface area contributed by atoms with Crippen LogP contribution in [0.25, 0.3) is 11.3 Å². The minimum atomic E-state index is -0.269. The molecule has 4 aromatic rings. The predicted octanol–water partition coefficient (Wildman–Crippen LogP) is 2.53. The van der Waals surface area contributed by atoms with Gasteiger partial charge in [0.2, 0.25) is 5.95 Å². The monoisotopic (exact) mass is 558 g/mol. The number of hydrogen-bond donors (Lipinski definition) is 4. The third-order valence-electron chi connectivity index (χ3n) is 6.73. The van der Waals surface area contributed by atoms with Crippen LogP contribution in [0.15, 0.2) is 46.2 Å². The molecule has 0 aliphatic carbocycles. The topological polar surface area (TPSA) is 184 Å². The zero-order chi connectivity index (χ0) is 28.9. The number of aromatic nitrogens is 5. The van der Waals surface area contributed by atoms with Crippen molar-refractivity contribution in [1.82, 2.24) is 30.0 Å². The summed E-state index contributed by atoms with van der Waals surface area (Å²) in [7, 11) is 0. The Labute approximate surface area is 236 Å². The van der Waals surface area contributed by atoms with Gasteiger partial charge in [-0.15, -0.1) is 0 Å². The van der Waals surface area contributed by atoms with E-state index < -0.39 is 0 Å². The number of nitrogens with one attached hydrogen (secondary N) is 2. The molecule has 1 aliphatic rings. The van der Waals surface area contributed by atoms with Crippen molar-refractivity contribution in [3.8, 4) is 11.3 Å². The summed E-state index contributed by atoms with van der Waals surface area (Å²) in [5, 5.41) is 15.1. The Bertz CT molecular complexity index is 1580. The van der Waals surface area contributed by atoms with Crippen LogP contribution < -0.4 is 21.7 Å². The molecule has 1 saturated heterocycles. The molecular formula is C27H31FN12O. The number of aliphatic imine (C=N–C) groups is 1. The van der Waals surface area contributed by atoms with Gasteiger partial charge < -0.3 is 31.6 Å². The number of rotatable bonds is 9. The summed E-state index contributed by atoms with van der Waals surface area (Å²) in [6.45, 7) is 7.70. The Kier molecular flexibility index (Phi) is 8.10. The fraction of sp³-hybridized carbons (Fsp3) is 0.296. The number of hydrogen-bond acceptors (Lipinski definition) is 12. The number of anilines is 3. The number of piperazine rings is 1. The van der Waals surface area contributed by atoms with E-state index in [-0.39, 0.29) is 23.4 Å². The molecule has 0 unspecified atom stereocenters. The van der Waals surface area contributed by atoms with Crippen LogP contribution in [0.1, 0.15) is 22.6 Å². The van der Waals surface area contributed by atoms with Crippen molar-refractivity contribution in [1.29, 1.82) is 5.41 Å². The van der Waals surface area contributed by atoms with Crippen LogP contribution in [0.5, 0.6) is 0 Å². The molecule has 1 aromatic carbocycles. The Morgan fingerprint density at radius 3 is 2.63 bits per heavy atom. The molecule has 41 heavy (non-hydrogen) atoms. The first-order valence-corrected chi connectivity index (χ1v) is 13.1. The number of benzene rings is 1. The van der Waals surface area contributed by atoms with E-state index in [4.69, 9.17) is 21.4 Å². The highest BCUT2D eigenvalue weighted by atomic mass is 19.1. The molecule has 212 valence electrons. The average Bonchev–Trinajstić information content (AvgIpc) is 3.40. The van der Waals surface area contributed by atoms with E-state index >= 15 is 0 Å². The van der Waals surface area contributed by atoms with Crippen molar-refractivity contribution in [2.45, 2.75) is 13.8 Å². The standard InChI is InChI=1S/C27H31FN12O/c1-16-13-22(41-38-16)18-3-4-20(28)21(14-18)40-11-9-39(10-12-40)8-7-34-25-19(15-29)26(37-27(31)36-25)35-24(30)23-17(2)32-5-6-33-23/h3-6,13-15,29H,7-12H2,1-2H3,(H5,30,31,34,35,36,37). The predicted molar refractivity (Wildman–Crippen MR) is 155 cm³/mol. The van der Waals surface area contributed by atoms with Gasteiger partial charge in [-0.25, -0.2) is 14.4 Å². The summed E-state index contributed by atoms with van der Waals surface area (Å²) in [5.41, 5.74) is 15.6. The van der Waals surface area contributed by atoms with Crippen molar-refractivity contribution in [3.05, 3.63) is 65.1 Å². The maximum atomic E-state index is 14.7. The molecule has 5 rings (SSSR count). The molecule has 1 fully saturated rings. The third kappa shape index (κ3) is 6.27. The summed E-state index contributed by atoms with van der Waals surface area (Å²) >= 11 is 0. The number of nitrogens with zero attached hydrogens (tertiary/aromatic N) is 8. The molecule has 3 aromatic heterocycles. The van der Waals surface area contributed by atoms with Gasteiger partial charge in [0.1, 0.15) is 17.3 Å². The Balaban J connectivity index is 1.21. The minimum Gasteiger partial charge on any atom is -0.382 e. The van der Waals surface area contributed by atoms with E-state index in [1.54, 1.807) is 19.2 Å². The number of halogens is 1. The highest BCUT2D eigenvalue weighted by Gasteiger charge is 2.21. The van der Waals surface area contributed by atoms with Crippen molar-refractivity contribution < 1.29 is 8.91 Å². The van der Waals surface area contributed by atoms with Crippen LogP contribution in [-0.4, -0.2) is 81.3 Å². The van der Waals surface area contributed by atoms with Crippen LogP contribution in [-0.2, 0) is 0 Å². The first kappa shape index (κ1) is 27.6. The number of aryl methyl sites for hydroxylation is 2. The zero-order valence-corrected chi connectivity index (χ0v) is 22.8. The summed E-state index contributed by atoms with van der Waals surface area (Å²) in [6, 6.07) is 6.81. The minimum absolute atomic E-state index is 0.00104. The van der Waals surface area contributed by atoms with Gasteiger partial charge in [0, 0.05) is 69.5 Å². The smallest absolute Gasteiger partial charge is 0.224 e. The molecule has 0 atom stereocenters. The molecule has 0 spiro atoms. The quantitative estimate of drug-likeness (QED) is 0.175. The molecular weight excluding hydrogens is 527 g/mol. The van der Waals surface area contributed by atoms with E-state index in [0.29, 0.717) is 60.4 Å². The van der Waals surface area contributed by atoms with Gasteiger partial charge in [-0.2, -0.15) is 9.97 Å². The lowest BCUT2D eigenvalue weighted by Gasteiger charge is -2.36.